The van der Waals surface area contributed by atoms with Crippen LogP contribution in [0.3, 0.4) is 0 Å². The number of carbonyl (C=O) groups excluding carboxylic acids is 2. The van der Waals surface area contributed by atoms with Crippen LogP contribution >= 0.6 is 15.9 Å². The molecule has 0 aromatic heterocycles. The first-order chi connectivity index (χ1) is 15.9. The third-order valence-corrected chi connectivity index (χ3v) is 5.48. The number of hydrogen-bond acceptors (Lipinski definition) is 5. The van der Waals surface area contributed by atoms with Gasteiger partial charge in [0, 0.05) is 11.3 Å². The Kier molecular flexibility index (Phi) is 8.21. The molecule has 0 heterocycles. The summed E-state index contributed by atoms with van der Waals surface area (Å²) in [5.41, 5.74) is 6.51. The standard InChI is InChI=1S/C25H24BrN3O4/c1-16-8-7-11-21(17(16)2)28-23(30)15-33-24-20(26)12-18(13-22(24)32-3)14-27-29-25(31)19-9-5-4-6-10-19/h4-14H,15H2,1-3H3,(H,28,30)(H,29,31)/b27-14+. The van der Waals surface area contributed by atoms with Gasteiger partial charge in [0.05, 0.1) is 17.8 Å². The van der Waals surface area contributed by atoms with Crippen LogP contribution in [0.2, 0.25) is 0 Å². The van der Waals surface area contributed by atoms with Gasteiger partial charge >= 0.3 is 0 Å². The van der Waals surface area contributed by atoms with Gasteiger partial charge in [0.2, 0.25) is 0 Å². The molecule has 8 heteroatoms. The number of amides is 2. The highest BCUT2D eigenvalue weighted by Crippen LogP contribution is 2.36. The fourth-order valence-electron chi connectivity index (χ4n) is 2.98. The monoisotopic (exact) mass is 509 g/mol. The Labute approximate surface area is 200 Å². The second-order valence-electron chi connectivity index (χ2n) is 7.18. The number of halogens is 1. The third kappa shape index (κ3) is 6.43. The minimum atomic E-state index is -0.312. The normalized spacial score (nSPS) is 10.7. The second kappa shape index (κ2) is 11.3. The molecule has 3 rings (SSSR count). The molecule has 0 bridgehead atoms. The summed E-state index contributed by atoms with van der Waals surface area (Å²) in [5.74, 6) is 0.207. The highest BCUT2D eigenvalue weighted by Gasteiger charge is 2.14. The van der Waals surface area contributed by atoms with E-state index in [0.717, 1.165) is 16.8 Å². The molecule has 0 aliphatic heterocycles. The zero-order chi connectivity index (χ0) is 23.8. The predicted molar refractivity (Wildman–Crippen MR) is 132 cm³/mol. The van der Waals surface area contributed by atoms with Gasteiger partial charge in [-0.15, -0.1) is 0 Å². The van der Waals surface area contributed by atoms with E-state index in [-0.39, 0.29) is 18.4 Å². The van der Waals surface area contributed by atoms with Gasteiger partial charge in [-0.1, -0.05) is 30.3 Å². The number of rotatable bonds is 8. The highest BCUT2D eigenvalue weighted by molar-refractivity contribution is 9.10. The molecule has 0 radical (unpaired) electrons. The lowest BCUT2D eigenvalue weighted by molar-refractivity contribution is -0.118. The molecule has 0 aliphatic carbocycles. The Morgan fingerprint density at radius 3 is 2.55 bits per heavy atom. The summed E-state index contributed by atoms with van der Waals surface area (Å²) in [4.78, 5) is 24.5. The number of hydrazone groups is 1. The van der Waals surface area contributed by atoms with E-state index >= 15 is 0 Å². The first-order valence-electron chi connectivity index (χ1n) is 10.1. The number of anilines is 1. The molecule has 0 saturated heterocycles. The van der Waals surface area contributed by atoms with E-state index in [1.165, 1.54) is 13.3 Å². The van der Waals surface area contributed by atoms with Crippen molar-refractivity contribution in [2.24, 2.45) is 5.10 Å². The van der Waals surface area contributed by atoms with Crippen molar-refractivity contribution in [2.45, 2.75) is 13.8 Å². The van der Waals surface area contributed by atoms with E-state index in [4.69, 9.17) is 9.47 Å². The van der Waals surface area contributed by atoms with Gasteiger partial charge in [-0.2, -0.15) is 5.10 Å². The number of methoxy groups -OCH3 is 1. The third-order valence-electron chi connectivity index (χ3n) is 4.89. The van der Waals surface area contributed by atoms with Crippen molar-refractivity contribution in [3.63, 3.8) is 0 Å². The van der Waals surface area contributed by atoms with Crippen molar-refractivity contribution in [1.82, 2.24) is 5.43 Å². The Bertz CT molecular complexity index is 1180. The van der Waals surface area contributed by atoms with Crippen molar-refractivity contribution in [2.75, 3.05) is 19.0 Å². The van der Waals surface area contributed by atoms with E-state index < -0.39 is 0 Å². The highest BCUT2D eigenvalue weighted by atomic mass is 79.9. The van der Waals surface area contributed by atoms with Crippen LogP contribution in [0, 0.1) is 13.8 Å². The second-order valence-corrected chi connectivity index (χ2v) is 8.04. The zero-order valence-corrected chi connectivity index (χ0v) is 20.1. The van der Waals surface area contributed by atoms with E-state index in [0.29, 0.717) is 27.1 Å². The molecular weight excluding hydrogens is 486 g/mol. The lowest BCUT2D eigenvalue weighted by Crippen LogP contribution is -2.21. The van der Waals surface area contributed by atoms with Crippen LogP contribution in [0.25, 0.3) is 0 Å². The summed E-state index contributed by atoms with van der Waals surface area (Å²) >= 11 is 3.45. The first kappa shape index (κ1) is 24.0. The Morgan fingerprint density at radius 1 is 1.06 bits per heavy atom. The van der Waals surface area contributed by atoms with Gasteiger partial charge in [0.15, 0.2) is 18.1 Å². The van der Waals surface area contributed by atoms with Crippen LogP contribution in [0.15, 0.2) is 70.2 Å². The quantitative estimate of drug-likeness (QED) is 0.335. The van der Waals surface area contributed by atoms with E-state index in [2.05, 4.69) is 31.8 Å². The summed E-state index contributed by atoms with van der Waals surface area (Å²) in [6.45, 7) is 3.75. The molecule has 0 saturated carbocycles. The molecule has 2 N–H and O–H groups in total. The van der Waals surface area contributed by atoms with Gasteiger partial charge in [-0.05, 0) is 76.8 Å². The van der Waals surface area contributed by atoms with Gasteiger partial charge < -0.3 is 14.8 Å². The molecule has 0 atom stereocenters. The van der Waals surface area contributed by atoms with Crippen LogP contribution < -0.4 is 20.2 Å². The summed E-state index contributed by atoms with van der Waals surface area (Å²) < 4.78 is 11.7. The number of nitrogens with zero attached hydrogens (tertiary/aromatic N) is 1. The van der Waals surface area contributed by atoms with Gasteiger partial charge in [-0.3, -0.25) is 9.59 Å². The summed E-state index contributed by atoms with van der Waals surface area (Å²) in [7, 11) is 1.50. The molecule has 0 unspecified atom stereocenters. The van der Waals surface area contributed by atoms with Crippen LogP contribution in [0.1, 0.15) is 27.0 Å². The molecule has 0 fully saturated rings. The molecule has 170 valence electrons. The number of nitrogens with one attached hydrogen (secondary N) is 2. The van der Waals surface area contributed by atoms with E-state index in [9.17, 15) is 9.59 Å². The number of aryl methyl sites for hydroxylation is 1. The smallest absolute Gasteiger partial charge is 0.271 e. The topological polar surface area (TPSA) is 89.0 Å². The average Bonchev–Trinajstić information content (AvgIpc) is 2.81. The van der Waals surface area contributed by atoms with Crippen molar-refractivity contribution < 1.29 is 19.1 Å². The number of carbonyl (C=O) groups is 2. The molecule has 3 aromatic rings. The van der Waals surface area contributed by atoms with E-state index in [1.807, 2.05) is 38.1 Å². The van der Waals surface area contributed by atoms with Crippen LogP contribution in [-0.2, 0) is 4.79 Å². The molecule has 33 heavy (non-hydrogen) atoms. The Morgan fingerprint density at radius 2 is 1.82 bits per heavy atom. The van der Waals surface area contributed by atoms with Crippen LogP contribution in [-0.4, -0.2) is 31.7 Å². The fourth-order valence-corrected chi connectivity index (χ4v) is 3.56. The minimum absolute atomic E-state index is 0.192. The summed E-state index contributed by atoms with van der Waals surface area (Å²) in [5, 5.41) is 6.85. The molecule has 0 aliphatic rings. The van der Waals surface area contributed by atoms with Crippen molar-refractivity contribution in [3.05, 3.63) is 87.4 Å². The average molecular weight is 510 g/mol. The number of hydrogen-bond donors (Lipinski definition) is 2. The zero-order valence-electron chi connectivity index (χ0n) is 18.5. The minimum Gasteiger partial charge on any atom is -0.493 e. The van der Waals surface area contributed by atoms with Crippen LogP contribution in [0.5, 0.6) is 11.5 Å². The maximum absolute atomic E-state index is 12.4. The lowest BCUT2D eigenvalue weighted by atomic mass is 10.1. The Balaban J connectivity index is 1.64. The van der Waals surface area contributed by atoms with Gasteiger partial charge in [0.1, 0.15) is 0 Å². The van der Waals surface area contributed by atoms with Gasteiger partial charge in [0.25, 0.3) is 11.8 Å². The lowest BCUT2D eigenvalue weighted by Gasteiger charge is -2.14. The van der Waals surface area contributed by atoms with Gasteiger partial charge in [-0.25, -0.2) is 5.43 Å². The molecular formula is C25H24BrN3O4. The number of benzene rings is 3. The van der Waals surface area contributed by atoms with Crippen LogP contribution in [0.4, 0.5) is 5.69 Å². The summed E-state index contributed by atoms with van der Waals surface area (Å²) in [6, 6.07) is 18.0. The summed E-state index contributed by atoms with van der Waals surface area (Å²) in [6.07, 6.45) is 1.49. The fraction of sp³-hybridized carbons (Fsp3) is 0.160. The maximum Gasteiger partial charge on any atom is 0.271 e. The van der Waals surface area contributed by atoms with Crippen molar-refractivity contribution in [1.29, 1.82) is 0 Å². The molecule has 7 nitrogen and oxygen atoms in total. The first-order valence-corrected chi connectivity index (χ1v) is 10.9. The van der Waals surface area contributed by atoms with Crippen molar-refractivity contribution >= 4 is 39.6 Å². The SMILES string of the molecule is COc1cc(/C=N/NC(=O)c2ccccc2)cc(Br)c1OCC(=O)Nc1cccc(C)c1C. The van der Waals surface area contributed by atoms with E-state index in [1.54, 1.807) is 36.4 Å². The maximum atomic E-state index is 12.4. The largest absolute Gasteiger partial charge is 0.493 e. The molecule has 2 amide bonds. The Hall–Kier alpha value is -3.65. The predicted octanol–water partition coefficient (Wildman–Crippen LogP) is 4.86. The molecule has 0 spiro atoms. The van der Waals surface area contributed by atoms with Crippen molar-refractivity contribution in [3.8, 4) is 11.5 Å². The molecule has 3 aromatic carbocycles. The number of ether oxygens (including phenoxy) is 2.